The van der Waals surface area contributed by atoms with Crippen LogP contribution in [0.1, 0.15) is 22.8 Å². The number of carbonyl (C=O) groups is 1. The summed E-state index contributed by atoms with van der Waals surface area (Å²) in [6.45, 7) is 2.27. The number of benzene rings is 3. The van der Waals surface area contributed by atoms with E-state index in [1.54, 1.807) is 48.7 Å². The molecule has 0 radical (unpaired) electrons. The van der Waals surface area contributed by atoms with Gasteiger partial charge >= 0.3 is 5.97 Å². The summed E-state index contributed by atoms with van der Waals surface area (Å²) in [7, 11) is 0. The molecule has 0 saturated carbocycles. The third-order valence-corrected chi connectivity index (χ3v) is 5.82. The summed E-state index contributed by atoms with van der Waals surface area (Å²) in [6.07, 6.45) is 1.64. The molecule has 3 aromatic carbocycles. The van der Waals surface area contributed by atoms with E-state index in [0.717, 1.165) is 16.8 Å². The van der Waals surface area contributed by atoms with E-state index in [0.29, 0.717) is 38.8 Å². The van der Waals surface area contributed by atoms with Gasteiger partial charge in [-0.25, -0.2) is 9.78 Å². The van der Waals surface area contributed by atoms with Crippen LogP contribution < -0.4 is 14.9 Å². The zero-order chi connectivity index (χ0) is 23.9. The van der Waals surface area contributed by atoms with Crippen LogP contribution in [0, 0.1) is 0 Å². The Morgan fingerprint density at radius 2 is 1.74 bits per heavy atom. The molecule has 1 N–H and O–H groups in total. The largest absolute Gasteiger partial charge is 0.490 e. The number of thiazole rings is 1. The van der Waals surface area contributed by atoms with Crippen LogP contribution in [0.15, 0.2) is 77.2 Å². The molecule has 0 spiro atoms. The molecule has 0 amide bonds. The highest BCUT2D eigenvalue weighted by atomic mass is 35.5. The second-order valence-corrected chi connectivity index (χ2v) is 8.68. The average molecular weight is 512 g/mol. The molecule has 0 bridgehead atoms. The van der Waals surface area contributed by atoms with Gasteiger partial charge in [0.15, 0.2) is 11.5 Å². The maximum atomic E-state index is 12.4. The second-order valence-electron chi connectivity index (χ2n) is 6.95. The normalized spacial score (nSPS) is 10.9. The first kappa shape index (κ1) is 23.8. The fraction of sp³-hybridized carbons (Fsp3) is 0.0800. The standard InChI is InChI=1S/C25H19Cl2N3O3S/c1-2-32-23-13-16(3-12-22(23)33-24(31)18-6-10-20(27)11-7-18)14-28-30-25-29-21(15-34-25)17-4-8-19(26)9-5-17/h3-15H,2H2,1H3,(H,29,30)/b28-14-. The zero-order valence-electron chi connectivity index (χ0n) is 18.0. The number of aromatic nitrogens is 1. The van der Waals surface area contributed by atoms with Crippen molar-refractivity contribution in [1.82, 2.24) is 4.98 Å². The van der Waals surface area contributed by atoms with Gasteiger partial charge in [0, 0.05) is 21.0 Å². The number of hydrogen-bond acceptors (Lipinski definition) is 7. The van der Waals surface area contributed by atoms with Crippen molar-refractivity contribution >= 4 is 51.9 Å². The third kappa shape index (κ3) is 6.14. The first-order valence-corrected chi connectivity index (χ1v) is 11.9. The van der Waals surface area contributed by atoms with Crippen molar-refractivity contribution in [3.8, 4) is 22.8 Å². The number of ether oxygens (including phenoxy) is 2. The van der Waals surface area contributed by atoms with Crippen LogP contribution in [0.2, 0.25) is 10.0 Å². The summed E-state index contributed by atoms with van der Waals surface area (Å²) in [5.41, 5.74) is 5.90. The summed E-state index contributed by atoms with van der Waals surface area (Å²) >= 11 is 13.3. The van der Waals surface area contributed by atoms with Crippen molar-refractivity contribution in [2.24, 2.45) is 5.10 Å². The van der Waals surface area contributed by atoms with Crippen molar-refractivity contribution in [2.45, 2.75) is 6.92 Å². The van der Waals surface area contributed by atoms with Crippen LogP contribution in [-0.2, 0) is 0 Å². The Morgan fingerprint density at radius 1 is 1.03 bits per heavy atom. The first-order chi connectivity index (χ1) is 16.5. The number of hydrazone groups is 1. The number of halogens is 2. The minimum Gasteiger partial charge on any atom is -0.490 e. The molecule has 1 heterocycles. The second kappa shape index (κ2) is 11.2. The number of esters is 1. The lowest BCUT2D eigenvalue weighted by atomic mass is 10.2. The molecular formula is C25H19Cl2N3O3S. The highest BCUT2D eigenvalue weighted by Crippen LogP contribution is 2.29. The quantitative estimate of drug-likeness (QED) is 0.117. The Labute approximate surface area is 210 Å². The molecule has 6 nitrogen and oxygen atoms in total. The molecule has 0 unspecified atom stereocenters. The lowest BCUT2D eigenvalue weighted by Gasteiger charge is -2.11. The number of nitrogens with zero attached hydrogens (tertiary/aromatic N) is 2. The summed E-state index contributed by atoms with van der Waals surface area (Å²) in [4.78, 5) is 17.0. The highest BCUT2D eigenvalue weighted by Gasteiger charge is 2.13. The number of anilines is 1. The minimum atomic E-state index is -0.499. The molecule has 0 aliphatic carbocycles. The van der Waals surface area contributed by atoms with E-state index in [1.165, 1.54) is 11.3 Å². The Bertz CT molecular complexity index is 1310. The van der Waals surface area contributed by atoms with Crippen LogP contribution in [0.4, 0.5) is 5.13 Å². The minimum absolute atomic E-state index is 0.319. The lowest BCUT2D eigenvalue weighted by Crippen LogP contribution is -2.09. The maximum Gasteiger partial charge on any atom is 0.343 e. The molecule has 4 rings (SSSR count). The molecule has 172 valence electrons. The van der Waals surface area contributed by atoms with Gasteiger partial charge in [-0.1, -0.05) is 35.3 Å². The molecule has 1 aromatic heterocycles. The molecular weight excluding hydrogens is 493 g/mol. The van der Waals surface area contributed by atoms with Gasteiger partial charge in [-0.3, -0.25) is 5.43 Å². The molecule has 0 saturated heterocycles. The van der Waals surface area contributed by atoms with Crippen molar-refractivity contribution in [3.05, 3.63) is 93.3 Å². The van der Waals surface area contributed by atoms with Crippen molar-refractivity contribution in [2.75, 3.05) is 12.0 Å². The molecule has 34 heavy (non-hydrogen) atoms. The highest BCUT2D eigenvalue weighted by molar-refractivity contribution is 7.14. The Hall–Kier alpha value is -3.39. The Kier molecular flexibility index (Phi) is 7.80. The monoisotopic (exact) mass is 511 g/mol. The topological polar surface area (TPSA) is 72.8 Å². The van der Waals surface area contributed by atoms with Gasteiger partial charge in [0.05, 0.1) is 24.1 Å². The average Bonchev–Trinajstić information content (AvgIpc) is 3.30. The van der Waals surface area contributed by atoms with E-state index in [2.05, 4.69) is 15.5 Å². The first-order valence-electron chi connectivity index (χ1n) is 10.3. The molecule has 0 atom stereocenters. The van der Waals surface area contributed by atoms with Crippen LogP contribution in [0.25, 0.3) is 11.3 Å². The van der Waals surface area contributed by atoms with Gasteiger partial charge in [0.25, 0.3) is 0 Å². The van der Waals surface area contributed by atoms with Gasteiger partial charge in [-0.05, 0) is 67.1 Å². The van der Waals surface area contributed by atoms with Gasteiger partial charge in [0.2, 0.25) is 5.13 Å². The van der Waals surface area contributed by atoms with E-state index >= 15 is 0 Å². The van der Waals surface area contributed by atoms with Crippen LogP contribution in [-0.4, -0.2) is 23.8 Å². The summed E-state index contributed by atoms with van der Waals surface area (Å²) in [5, 5.41) is 8.08. The predicted octanol–water partition coefficient (Wildman–Crippen LogP) is 7.18. The molecule has 0 aliphatic heterocycles. The van der Waals surface area contributed by atoms with Gasteiger partial charge in [-0.2, -0.15) is 5.10 Å². The van der Waals surface area contributed by atoms with Crippen molar-refractivity contribution < 1.29 is 14.3 Å². The number of carbonyl (C=O) groups excluding carboxylic acids is 1. The smallest absolute Gasteiger partial charge is 0.343 e. The fourth-order valence-corrected chi connectivity index (χ4v) is 3.86. The maximum absolute atomic E-state index is 12.4. The number of hydrogen-bond donors (Lipinski definition) is 1. The van der Waals surface area contributed by atoms with E-state index in [9.17, 15) is 4.79 Å². The predicted molar refractivity (Wildman–Crippen MR) is 138 cm³/mol. The van der Waals surface area contributed by atoms with Crippen LogP contribution >= 0.6 is 34.5 Å². The fourth-order valence-electron chi connectivity index (χ4n) is 2.94. The van der Waals surface area contributed by atoms with E-state index in [4.69, 9.17) is 32.7 Å². The molecule has 4 aromatic rings. The van der Waals surface area contributed by atoms with Crippen LogP contribution in [0.3, 0.4) is 0 Å². The molecule has 0 aliphatic rings. The number of rotatable bonds is 8. The van der Waals surface area contributed by atoms with E-state index < -0.39 is 5.97 Å². The summed E-state index contributed by atoms with van der Waals surface area (Å²) < 4.78 is 11.2. The van der Waals surface area contributed by atoms with Crippen molar-refractivity contribution in [3.63, 3.8) is 0 Å². The lowest BCUT2D eigenvalue weighted by molar-refractivity contribution is 0.0728. The molecule has 0 fully saturated rings. The van der Waals surface area contributed by atoms with E-state index in [1.807, 2.05) is 36.6 Å². The van der Waals surface area contributed by atoms with Crippen LogP contribution in [0.5, 0.6) is 11.5 Å². The Balaban J connectivity index is 1.43. The zero-order valence-corrected chi connectivity index (χ0v) is 20.3. The van der Waals surface area contributed by atoms with Crippen molar-refractivity contribution in [1.29, 1.82) is 0 Å². The summed E-state index contributed by atoms with van der Waals surface area (Å²) in [5.74, 6) is 0.258. The Morgan fingerprint density at radius 3 is 2.44 bits per heavy atom. The molecule has 9 heteroatoms. The summed E-state index contributed by atoms with van der Waals surface area (Å²) in [6, 6.07) is 19.2. The van der Waals surface area contributed by atoms with Gasteiger partial charge in [0.1, 0.15) is 0 Å². The third-order valence-electron chi connectivity index (χ3n) is 4.57. The SMILES string of the molecule is CCOc1cc(/C=N\Nc2nc(-c3ccc(Cl)cc3)cs2)ccc1OC(=O)c1ccc(Cl)cc1. The van der Waals surface area contributed by atoms with Gasteiger partial charge < -0.3 is 9.47 Å². The van der Waals surface area contributed by atoms with Gasteiger partial charge in [-0.15, -0.1) is 11.3 Å². The van der Waals surface area contributed by atoms with E-state index in [-0.39, 0.29) is 0 Å². The number of nitrogens with one attached hydrogen (secondary N) is 1.